The molecule has 1 aliphatic heterocycles. The number of unbranched alkanes of at least 4 members (excludes halogenated alkanes) is 4. The van der Waals surface area contributed by atoms with E-state index in [1.165, 1.54) is 37.7 Å². The topological polar surface area (TPSA) is 18.5 Å². The molecule has 2 heteroatoms. The van der Waals surface area contributed by atoms with Crippen LogP contribution in [0, 0.1) is 0 Å². The van der Waals surface area contributed by atoms with Gasteiger partial charge in [0, 0.05) is 0 Å². The predicted octanol–water partition coefficient (Wildman–Crippen LogP) is 4.48. The Hall–Kier alpha value is -1.44. The van der Waals surface area contributed by atoms with Crippen LogP contribution in [0.3, 0.4) is 0 Å². The molecule has 98 valence electrons. The van der Waals surface area contributed by atoms with E-state index in [4.69, 9.17) is 9.47 Å². The van der Waals surface area contributed by atoms with Crippen LogP contribution in [0.4, 0.5) is 0 Å². The maximum Gasteiger partial charge on any atom is 0.168 e. The Morgan fingerprint density at radius 3 is 2.83 bits per heavy atom. The molecule has 2 rings (SSSR count). The number of hydrogen-bond donors (Lipinski definition) is 0. The van der Waals surface area contributed by atoms with Gasteiger partial charge in [-0.15, -0.1) is 0 Å². The SMILES string of the molecule is CCCCCCCc1ccc2c(c1)OC=CCO2. The van der Waals surface area contributed by atoms with E-state index < -0.39 is 0 Å². The summed E-state index contributed by atoms with van der Waals surface area (Å²) in [5.74, 6) is 1.68. The van der Waals surface area contributed by atoms with Gasteiger partial charge in [-0.05, 0) is 36.6 Å². The number of ether oxygens (including phenoxy) is 2. The lowest BCUT2D eigenvalue weighted by atomic mass is 10.1. The van der Waals surface area contributed by atoms with Gasteiger partial charge in [-0.3, -0.25) is 0 Å². The van der Waals surface area contributed by atoms with Crippen molar-refractivity contribution >= 4 is 0 Å². The summed E-state index contributed by atoms with van der Waals surface area (Å²) >= 11 is 0. The molecule has 0 spiro atoms. The van der Waals surface area contributed by atoms with Crippen molar-refractivity contribution in [3.8, 4) is 11.5 Å². The van der Waals surface area contributed by atoms with Gasteiger partial charge in [0.25, 0.3) is 0 Å². The highest BCUT2D eigenvalue weighted by Gasteiger charge is 2.07. The first kappa shape index (κ1) is 13.0. The van der Waals surface area contributed by atoms with Crippen LogP contribution in [0.25, 0.3) is 0 Å². The van der Waals surface area contributed by atoms with Crippen LogP contribution in [-0.4, -0.2) is 6.61 Å². The second-order valence-corrected chi connectivity index (χ2v) is 4.75. The fraction of sp³-hybridized carbons (Fsp3) is 0.500. The van der Waals surface area contributed by atoms with Crippen molar-refractivity contribution in [2.75, 3.05) is 6.61 Å². The first-order valence-corrected chi connectivity index (χ1v) is 6.97. The standard InChI is InChI=1S/C16H22O2/c1-2-3-4-5-6-8-14-9-10-15-16(13-14)18-12-7-11-17-15/h7,9-10,12-13H,2-6,8,11H2,1H3. The van der Waals surface area contributed by atoms with E-state index in [1.54, 1.807) is 6.26 Å². The zero-order chi connectivity index (χ0) is 12.6. The molecule has 0 aliphatic carbocycles. The van der Waals surface area contributed by atoms with Crippen molar-refractivity contribution in [2.24, 2.45) is 0 Å². The van der Waals surface area contributed by atoms with Crippen LogP contribution in [0.1, 0.15) is 44.6 Å². The molecule has 1 aromatic carbocycles. The summed E-state index contributed by atoms with van der Waals surface area (Å²) < 4.78 is 11.1. The molecule has 0 atom stereocenters. The first-order valence-electron chi connectivity index (χ1n) is 6.97. The number of hydrogen-bond acceptors (Lipinski definition) is 2. The Morgan fingerprint density at radius 1 is 1.06 bits per heavy atom. The minimum absolute atomic E-state index is 0.587. The van der Waals surface area contributed by atoms with E-state index in [-0.39, 0.29) is 0 Å². The fourth-order valence-electron chi connectivity index (χ4n) is 2.15. The summed E-state index contributed by atoms with van der Waals surface area (Å²) in [5, 5.41) is 0. The predicted molar refractivity (Wildman–Crippen MR) is 74.2 cm³/mol. The zero-order valence-electron chi connectivity index (χ0n) is 11.2. The van der Waals surface area contributed by atoms with E-state index in [2.05, 4.69) is 19.1 Å². The minimum Gasteiger partial charge on any atom is -0.485 e. The smallest absolute Gasteiger partial charge is 0.168 e. The lowest BCUT2D eigenvalue weighted by molar-refractivity contribution is 0.356. The van der Waals surface area contributed by atoms with Gasteiger partial charge < -0.3 is 9.47 Å². The lowest BCUT2D eigenvalue weighted by Gasteiger charge is -2.09. The third kappa shape index (κ3) is 3.80. The molecule has 0 amide bonds. The summed E-state index contributed by atoms with van der Waals surface area (Å²) in [5.41, 5.74) is 1.34. The maximum atomic E-state index is 5.55. The molecule has 2 nitrogen and oxygen atoms in total. The fourth-order valence-corrected chi connectivity index (χ4v) is 2.15. The molecule has 1 aliphatic rings. The second-order valence-electron chi connectivity index (χ2n) is 4.75. The second kappa shape index (κ2) is 7.10. The van der Waals surface area contributed by atoms with E-state index >= 15 is 0 Å². The number of benzene rings is 1. The Balaban J connectivity index is 1.86. The third-order valence-electron chi connectivity index (χ3n) is 3.20. The van der Waals surface area contributed by atoms with E-state index in [9.17, 15) is 0 Å². The Kier molecular flexibility index (Phi) is 5.13. The van der Waals surface area contributed by atoms with Gasteiger partial charge in [-0.2, -0.15) is 0 Å². The minimum atomic E-state index is 0.587. The average molecular weight is 246 g/mol. The molecule has 0 saturated heterocycles. The van der Waals surface area contributed by atoms with Crippen LogP contribution < -0.4 is 9.47 Å². The molecular weight excluding hydrogens is 224 g/mol. The highest BCUT2D eigenvalue weighted by atomic mass is 16.5. The highest BCUT2D eigenvalue weighted by molar-refractivity contribution is 5.44. The average Bonchev–Trinajstić information content (AvgIpc) is 2.63. The van der Waals surface area contributed by atoms with Gasteiger partial charge in [-0.1, -0.05) is 38.7 Å². The van der Waals surface area contributed by atoms with E-state index in [0.29, 0.717) is 6.61 Å². The number of aryl methyl sites for hydroxylation is 1. The molecule has 0 fully saturated rings. The Bertz CT molecular complexity index is 396. The van der Waals surface area contributed by atoms with Gasteiger partial charge in [0.15, 0.2) is 11.5 Å². The van der Waals surface area contributed by atoms with Crippen molar-refractivity contribution in [3.63, 3.8) is 0 Å². The van der Waals surface area contributed by atoms with Gasteiger partial charge in [0.2, 0.25) is 0 Å². The van der Waals surface area contributed by atoms with E-state index in [1.807, 2.05) is 12.1 Å². The number of rotatable bonds is 6. The zero-order valence-corrected chi connectivity index (χ0v) is 11.2. The summed E-state index contributed by atoms with van der Waals surface area (Å²) in [6, 6.07) is 6.27. The van der Waals surface area contributed by atoms with Crippen LogP contribution in [0.5, 0.6) is 11.5 Å². The van der Waals surface area contributed by atoms with Crippen molar-refractivity contribution in [1.82, 2.24) is 0 Å². The normalized spacial score (nSPS) is 13.4. The van der Waals surface area contributed by atoms with Gasteiger partial charge in [-0.25, -0.2) is 0 Å². The molecule has 0 radical (unpaired) electrons. The van der Waals surface area contributed by atoms with Crippen LogP contribution >= 0.6 is 0 Å². The molecule has 0 saturated carbocycles. The summed E-state index contributed by atoms with van der Waals surface area (Å²) in [6.07, 6.45) is 11.3. The van der Waals surface area contributed by atoms with Crippen LogP contribution in [-0.2, 0) is 6.42 Å². The molecule has 0 bridgehead atoms. The molecule has 1 heterocycles. The van der Waals surface area contributed by atoms with E-state index in [0.717, 1.165) is 17.9 Å². The summed E-state index contributed by atoms with van der Waals surface area (Å²) in [7, 11) is 0. The summed E-state index contributed by atoms with van der Waals surface area (Å²) in [4.78, 5) is 0. The first-order chi connectivity index (χ1) is 8.90. The maximum absolute atomic E-state index is 5.55. The van der Waals surface area contributed by atoms with Crippen molar-refractivity contribution < 1.29 is 9.47 Å². The van der Waals surface area contributed by atoms with Crippen LogP contribution in [0.15, 0.2) is 30.5 Å². The summed E-state index contributed by atoms with van der Waals surface area (Å²) in [6.45, 7) is 2.83. The van der Waals surface area contributed by atoms with Gasteiger partial charge >= 0.3 is 0 Å². The Labute approximate surface area is 110 Å². The molecule has 0 aromatic heterocycles. The largest absolute Gasteiger partial charge is 0.485 e. The molecule has 18 heavy (non-hydrogen) atoms. The highest BCUT2D eigenvalue weighted by Crippen LogP contribution is 2.30. The van der Waals surface area contributed by atoms with Gasteiger partial charge in [0.1, 0.15) is 6.61 Å². The third-order valence-corrected chi connectivity index (χ3v) is 3.20. The quantitative estimate of drug-likeness (QED) is 0.689. The molecule has 0 N–H and O–H groups in total. The lowest BCUT2D eigenvalue weighted by Crippen LogP contribution is -1.93. The van der Waals surface area contributed by atoms with Crippen molar-refractivity contribution in [3.05, 3.63) is 36.1 Å². The molecule has 1 aromatic rings. The molecular formula is C16H22O2. The van der Waals surface area contributed by atoms with Crippen molar-refractivity contribution in [1.29, 1.82) is 0 Å². The Morgan fingerprint density at radius 2 is 1.94 bits per heavy atom. The van der Waals surface area contributed by atoms with Gasteiger partial charge in [0.05, 0.1) is 6.26 Å². The molecule has 0 unspecified atom stereocenters. The number of fused-ring (bicyclic) bond motifs is 1. The van der Waals surface area contributed by atoms with Crippen molar-refractivity contribution in [2.45, 2.75) is 45.4 Å². The van der Waals surface area contributed by atoms with Crippen LogP contribution in [0.2, 0.25) is 0 Å². The monoisotopic (exact) mass is 246 g/mol.